The van der Waals surface area contributed by atoms with Crippen molar-refractivity contribution < 1.29 is 18.4 Å². The molecule has 40 valence electrons. The summed E-state index contributed by atoms with van der Waals surface area (Å²) in [7, 11) is 0. The normalized spacial score (nSPS) is 8.71. The minimum atomic E-state index is 0. The van der Waals surface area contributed by atoms with Crippen molar-refractivity contribution in [1.29, 1.82) is 0 Å². The third-order valence-electron chi connectivity index (χ3n) is 0.500. The fraction of sp³-hybridized carbons (Fsp3) is 0.800. The van der Waals surface area contributed by atoms with Crippen molar-refractivity contribution in [2.24, 2.45) is 0 Å². The van der Waals surface area contributed by atoms with Gasteiger partial charge in [-0.15, -0.1) is 0 Å². The van der Waals surface area contributed by atoms with Crippen molar-refractivity contribution in [2.75, 3.05) is 0 Å². The van der Waals surface area contributed by atoms with E-state index in [1.807, 2.05) is 13.8 Å². The van der Waals surface area contributed by atoms with Gasteiger partial charge in [-0.3, -0.25) is 0 Å². The van der Waals surface area contributed by atoms with E-state index in [2.05, 4.69) is 0 Å². The Morgan fingerprint density at radius 3 is 1.71 bits per heavy atom. The first-order valence-electron chi connectivity index (χ1n) is 2.62. The van der Waals surface area contributed by atoms with E-state index in [1.54, 1.807) is 0 Å². The van der Waals surface area contributed by atoms with Gasteiger partial charge in [0.25, 0.3) is 0 Å². The van der Waals surface area contributed by atoms with Crippen LogP contribution in [0.2, 0.25) is 0 Å². The predicted molar refractivity (Wildman–Crippen MR) is 30.6 cm³/mol. The Bertz CT molecular complexity index is 31.6. The Hall–Kier alpha value is 1.25. The van der Waals surface area contributed by atoms with Crippen molar-refractivity contribution in [3.63, 3.8) is 0 Å². The van der Waals surface area contributed by atoms with Crippen molar-refractivity contribution >= 4 is 23.1 Å². The number of halogens is 1. The van der Waals surface area contributed by atoms with Gasteiger partial charge in [-0.25, -0.2) is 1.37 Å². The maximum atomic E-state index is 6.99. The van der Waals surface area contributed by atoms with Crippen LogP contribution in [0.25, 0.3) is 0 Å². The van der Waals surface area contributed by atoms with Gasteiger partial charge in [0, 0.05) is 0 Å². The van der Waals surface area contributed by atoms with Crippen molar-refractivity contribution in [2.45, 2.75) is 26.7 Å². The average Bonchev–Trinajstić information content (AvgIpc) is 1.65. The smallest absolute Gasteiger partial charge is 1.00 e. The molecule has 0 aliphatic carbocycles. The maximum absolute atomic E-state index is 6.99. The number of rotatable bonds is 2. The summed E-state index contributed by atoms with van der Waals surface area (Å²) in [6.45, 7) is 4.01. The van der Waals surface area contributed by atoms with Gasteiger partial charge in [-0.05, 0) is 0 Å². The van der Waals surface area contributed by atoms with E-state index >= 15 is 0 Å². The molecule has 0 saturated heterocycles. The van der Waals surface area contributed by atoms with Gasteiger partial charge >= 0.3 is 23.1 Å². The van der Waals surface area contributed by atoms with Crippen LogP contribution in [-0.2, 0) is 0 Å². The van der Waals surface area contributed by atoms with Crippen LogP contribution in [0.1, 0.15) is 28.1 Å². The molecule has 0 aromatic heterocycles. The average molecular weight is 176 g/mol. The summed E-state index contributed by atoms with van der Waals surface area (Å²) in [5.74, 6) is 0. The molecule has 0 rings (SSSR count). The van der Waals surface area contributed by atoms with E-state index in [9.17, 15) is 0 Å². The summed E-state index contributed by atoms with van der Waals surface area (Å²) in [5, 5.41) is 0. The first kappa shape index (κ1) is 11.1. The quantitative estimate of drug-likeness (QED) is 0.360. The molecule has 0 aliphatic rings. The Balaban J connectivity index is -0.000000125. The van der Waals surface area contributed by atoms with Crippen LogP contribution in [0.5, 0.6) is 0 Å². The molecule has 0 fully saturated rings. The van der Waals surface area contributed by atoms with Crippen molar-refractivity contribution in [1.82, 2.24) is 0 Å². The van der Waals surface area contributed by atoms with Crippen LogP contribution in [0.15, 0.2) is 0 Å². The van der Waals surface area contributed by atoms with Crippen LogP contribution < -0.4 is 17.0 Å². The number of hydrogen-bond donors (Lipinski definition) is 0. The summed E-state index contributed by atoms with van der Waals surface area (Å²) in [6.07, 6.45) is 2.67. The SMILES string of the molecule is [2H][C-](CC)CC.[Br-].[Mg+2]. The Kier molecular flexibility index (Phi) is 24.9. The van der Waals surface area contributed by atoms with Gasteiger partial charge < -0.3 is 23.4 Å². The van der Waals surface area contributed by atoms with E-state index in [0.717, 1.165) is 19.2 Å². The fourth-order valence-corrected chi connectivity index (χ4v) is 0.250. The van der Waals surface area contributed by atoms with E-state index in [1.165, 1.54) is 0 Å². The molecular formula is C5H11BrMg. The summed E-state index contributed by atoms with van der Waals surface area (Å²) in [5.41, 5.74) is 0. The molecule has 0 unspecified atom stereocenters. The van der Waals surface area contributed by atoms with Gasteiger partial charge in [0.1, 0.15) is 0 Å². The van der Waals surface area contributed by atoms with Gasteiger partial charge in [-0.1, -0.05) is 13.8 Å². The Morgan fingerprint density at radius 1 is 1.43 bits per heavy atom. The van der Waals surface area contributed by atoms with Crippen LogP contribution in [0.3, 0.4) is 0 Å². The zero-order chi connectivity index (χ0) is 4.99. The first-order valence-corrected chi connectivity index (χ1v) is 2.12. The minimum absolute atomic E-state index is 0. The van der Waals surface area contributed by atoms with E-state index in [-0.39, 0.29) is 40.0 Å². The topological polar surface area (TPSA) is 0 Å². The summed E-state index contributed by atoms with van der Waals surface area (Å²) in [6, 6.07) is 0. The van der Waals surface area contributed by atoms with Gasteiger partial charge in [0.05, 0.1) is 0 Å². The van der Waals surface area contributed by atoms with Crippen LogP contribution in [0.4, 0.5) is 0 Å². The molecule has 0 nitrogen and oxygen atoms in total. The molecule has 0 spiro atoms. The van der Waals surface area contributed by atoms with Gasteiger partial charge in [0.15, 0.2) is 0 Å². The fourth-order valence-electron chi connectivity index (χ4n) is 0.250. The van der Waals surface area contributed by atoms with E-state index in [0.29, 0.717) is 0 Å². The van der Waals surface area contributed by atoms with Crippen molar-refractivity contribution in [3.8, 4) is 0 Å². The molecule has 0 radical (unpaired) electrons. The van der Waals surface area contributed by atoms with Crippen LogP contribution in [-0.4, -0.2) is 23.1 Å². The standard InChI is InChI=1S/C5H11.BrH.Mg/c1-3-5-4-2;;/h5H,3-4H2,1-2H3;1H;/q-1;;+2/p-1/i5D;;. The zero-order valence-electron chi connectivity index (χ0n) is 6.00. The molecule has 0 N–H and O–H groups in total. The molecular weight excluding hydrogens is 164 g/mol. The second-order valence-corrected chi connectivity index (χ2v) is 0.957. The summed E-state index contributed by atoms with van der Waals surface area (Å²) >= 11 is 0. The van der Waals surface area contributed by atoms with Crippen LogP contribution in [0, 0.1) is 6.40 Å². The summed E-state index contributed by atoms with van der Waals surface area (Å²) in [4.78, 5) is 0. The molecule has 0 aliphatic heterocycles. The molecule has 0 amide bonds. The second-order valence-electron chi connectivity index (χ2n) is 0.957. The van der Waals surface area contributed by atoms with E-state index in [4.69, 9.17) is 1.37 Å². The molecule has 0 heterocycles. The Morgan fingerprint density at radius 2 is 1.71 bits per heavy atom. The predicted octanol–water partition coefficient (Wildman–Crippen LogP) is -1.37. The maximum Gasteiger partial charge on any atom is 2.00 e. The molecule has 0 bridgehead atoms. The second kappa shape index (κ2) is 15.7. The van der Waals surface area contributed by atoms with Crippen LogP contribution >= 0.6 is 0 Å². The largest absolute Gasteiger partial charge is 2.00 e. The molecule has 0 saturated carbocycles. The van der Waals surface area contributed by atoms with E-state index < -0.39 is 0 Å². The first-order chi connectivity index (χ1) is 2.81. The van der Waals surface area contributed by atoms with Gasteiger partial charge in [-0.2, -0.15) is 12.8 Å². The monoisotopic (exact) mass is 175 g/mol. The third-order valence-corrected chi connectivity index (χ3v) is 0.500. The molecule has 7 heavy (non-hydrogen) atoms. The third kappa shape index (κ3) is 18.9. The summed E-state index contributed by atoms with van der Waals surface area (Å²) < 4.78 is 6.99. The molecule has 0 atom stereocenters. The molecule has 0 aromatic rings. The molecule has 0 aromatic carbocycles. The zero-order valence-corrected chi connectivity index (χ0v) is 8.00. The Labute approximate surface area is 74.4 Å². The molecule has 2 heteroatoms. The van der Waals surface area contributed by atoms with Crippen molar-refractivity contribution in [3.05, 3.63) is 6.40 Å². The van der Waals surface area contributed by atoms with Gasteiger partial charge in [0.2, 0.25) is 0 Å². The minimum Gasteiger partial charge on any atom is -1.00 e. The number of hydrogen-bond acceptors (Lipinski definition) is 0.